The van der Waals surface area contributed by atoms with Gasteiger partial charge in [-0.05, 0) is 31.2 Å². The predicted octanol–water partition coefficient (Wildman–Crippen LogP) is 2.83. The molecular weight excluding hydrogens is 338 g/mol. The molecule has 6 nitrogen and oxygen atoms in total. The largest absolute Gasteiger partial charge is 0.338 e. The molecular formula is C18H22ClN5O. The Morgan fingerprint density at radius 1 is 1.20 bits per heavy atom. The molecule has 0 atom stereocenters. The molecule has 1 fully saturated rings. The molecule has 1 aromatic carbocycles. The number of aryl methyl sites for hydroxylation is 1. The number of rotatable bonds is 4. The van der Waals surface area contributed by atoms with Gasteiger partial charge in [-0.2, -0.15) is 0 Å². The lowest BCUT2D eigenvalue weighted by Gasteiger charge is -2.33. The van der Waals surface area contributed by atoms with E-state index in [2.05, 4.69) is 32.0 Å². The molecule has 1 amide bonds. The fraction of sp³-hybridized carbons (Fsp3) is 0.389. The quantitative estimate of drug-likeness (QED) is 0.909. The van der Waals surface area contributed by atoms with E-state index in [1.165, 1.54) is 0 Å². The molecule has 1 saturated heterocycles. The first-order valence-electron chi connectivity index (χ1n) is 8.43. The molecule has 0 saturated carbocycles. The van der Waals surface area contributed by atoms with Crippen molar-refractivity contribution in [3.05, 3.63) is 46.7 Å². The molecule has 7 heteroatoms. The Labute approximate surface area is 152 Å². The van der Waals surface area contributed by atoms with E-state index in [1.54, 1.807) is 24.5 Å². The average Bonchev–Trinajstić information content (AvgIpc) is 2.65. The summed E-state index contributed by atoms with van der Waals surface area (Å²) in [6, 6.07) is 5.40. The molecule has 0 unspecified atom stereocenters. The standard InChI is InChI=1S/C18H22ClN5O/c1-3-23-6-8-24(9-7-23)18-20-11-14(12-21-18)17(25)22-16-10-15(19)5-4-13(16)2/h4-5,10-12H,3,6-9H2,1-2H3,(H,22,25). The van der Waals surface area contributed by atoms with Crippen molar-refractivity contribution < 1.29 is 4.79 Å². The molecule has 0 aliphatic carbocycles. The van der Waals surface area contributed by atoms with Gasteiger partial charge in [0.05, 0.1) is 5.56 Å². The predicted molar refractivity (Wildman–Crippen MR) is 101 cm³/mol. The van der Waals surface area contributed by atoms with Crippen LogP contribution in [-0.4, -0.2) is 53.5 Å². The van der Waals surface area contributed by atoms with Crippen LogP contribution in [0.25, 0.3) is 0 Å². The summed E-state index contributed by atoms with van der Waals surface area (Å²) >= 11 is 5.99. The van der Waals surface area contributed by atoms with Crippen molar-refractivity contribution in [2.24, 2.45) is 0 Å². The van der Waals surface area contributed by atoms with Gasteiger partial charge in [0.15, 0.2) is 0 Å². The smallest absolute Gasteiger partial charge is 0.258 e. The SMILES string of the molecule is CCN1CCN(c2ncc(C(=O)Nc3cc(Cl)ccc3C)cn2)CC1. The zero-order valence-corrected chi connectivity index (χ0v) is 15.3. The van der Waals surface area contributed by atoms with Crippen LogP contribution in [0.4, 0.5) is 11.6 Å². The Hall–Kier alpha value is -2.18. The van der Waals surface area contributed by atoms with E-state index >= 15 is 0 Å². The molecule has 0 spiro atoms. The molecule has 0 bridgehead atoms. The van der Waals surface area contributed by atoms with E-state index in [4.69, 9.17) is 11.6 Å². The van der Waals surface area contributed by atoms with E-state index in [0.717, 1.165) is 38.3 Å². The van der Waals surface area contributed by atoms with Crippen molar-refractivity contribution in [1.82, 2.24) is 14.9 Å². The molecule has 132 valence electrons. The van der Waals surface area contributed by atoms with E-state index in [9.17, 15) is 4.79 Å². The number of nitrogens with zero attached hydrogens (tertiary/aromatic N) is 4. The maximum atomic E-state index is 12.4. The molecule has 1 aromatic heterocycles. The van der Waals surface area contributed by atoms with E-state index in [0.29, 0.717) is 22.2 Å². The van der Waals surface area contributed by atoms with Crippen LogP contribution in [0.3, 0.4) is 0 Å². The van der Waals surface area contributed by atoms with Crippen LogP contribution >= 0.6 is 11.6 Å². The molecule has 2 heterocycles. The lowest BCUT2D eigenvalue weighted by molar-refractivity contribution is 0.102. The number of halogens is 1. The van der Waals surface area contributed by atoms with Gasteiger partial charge in [-0.15, -0.1) is 0 Å². The summed E-state index contributed by atoms with van der Waals surface area (Å²) in [4.78, 5) is 25.7. The third kappa shape index (κ3) is 4.27. The second kappa shape index (κ2) is 7.80. The molecule has 2 aromatic rings. The molecule has 3 rings (SSSR count). The molecule has 1 aliphatic heterocycles. The van der Waals surface area contributed by atoms with Crippen LogP contribution in [0.5, 0.6) is 0 Å². The van der Waals surface area contributed by atoms with Gasteiger partial charge < -0.3 is 15.1 Å². The zero-order valence-electron chi connectivity index (χ0n) is 14.5. The minimum atomic E-state index is -0.243. The summed E-state index contributed by atoms with van der Waals surface area (Å²) in [7, 11) is 0. The maximum Gasteiger partial charge on any atom is 0.258 e. The van der Waals surface area contributed by atoms with Gasteiger partial charge in [0, 0.05) is 49.3 Å². The van der Waals surface area contributed by atoms with E-state index in [-0.39, 0.29) is 5.91 Å². The summed E-state index contributed by atoms with van der Waals surface area (Å²) in [5.41, 5.74) is 2.07. The number of carbonyl (C=O) groups excluding carboxylic acids is 1. The number of carbonyl (C=O) groups is 1. The number of hydrogen-bond acceptors (Lipinski definition) is 5. The van der Waals surface area contributed by atoms with E-state index in [1.807, 2.05) is 13.0 Å². The number of likely N-dealkylation sites (N-methyl/N-ethyl adjacent to an activating group) is 1. The Kier molecular flexibility index (Phi) is 5.50. The van der Waals surface area contributed by atoms with Crippen LogP contribution in [0, 0.1) is 6.92 Å². The first kappa shape index (κ1) is 17.6. The Morgan fingerprint density at radius 2 is 1.88 bits per heavy atom. The number of nitrogens with one attached hydrogen (secondary N) is 1. The van der Waals surface area contributed by atoms with Crippen LogP contribution in [0.15, 0.2) is 30.6 Å². The lowest BCUT2D eigenvalue weighted by Crippen LogP contribution is -2.46. The summed E-state index contributed by atoms with van der Waals surface area (Å²) < 4.78 is 0. The first-order chi connectivity index (χ1) is 12.1. The van der Waals surface area contributed by atoms with Gasteiger partial charge in [-0.3, -0.25) is 4.79 Å². The Balaban J connectivity index is 1.66. The number of anilines is 2. The summed E-state index contributed by atoms with van der Waals surface area (Å²) in [6.07, 6.45) is 3.15. The topological polar surface area (TPSA) is 61.4 Å². The number of hydrogen-bond donors (Lipinski definition) is 1. The molecule has 1 N–H and O–H groups in total. The second-order valence-electron chi connectivity index (χ2n) is 6.11. The van der Waals surface area contributed by atoms with Crippen LogP contribution in [0.1, 0.15) is 22.8 Å². The van der Waals surface area contributed by atoms with Gasteiger partial charge >= 0.3 is 0 Å². The summed E-state index contributed by atoms with van der Waals surface area (Å²) in [6.45, 7) is 8.98. The third-order valence-corrected chi connectivity index (χ3v) is 4.69. The number of aromatic nitrogens is 2. The van der Waals surface area contributed by atoms with Gasteiger partial charge in [0.2, 0.25) is 5.95 Å². The van der Waals surface area contributed by atoms with Crippen molar-refractivity contribution in [2.75, 3.05) is 42.9 Å². The third-order valence-electron chi connectivity index (χ3n) is 4.45. The molecule has 0 radical (unpaired) electrons. The van der Waals surface area contributed by atoms with Crippen molar-refractivity contribution >= 4 is 29.1 Å². The van der Waals surface area contributed by atoms with Crippen molar-refractivity contribution in [2.45, 2.75) is 13.8 Å². The molecule has 25 heavy (non-hydrogen) atoms. The Morgan fingerprint density at radius 3 is 2.52 bits per heavy atom. The van der Waals surface area contributed by atoms with Gasteiger partial charge in [0.25, 0.3) is 5.91 Å². The summed E-state index contributed by atoms with van der Waals surface area (Å²) in [5.74, 6) is 0.430. The second-order valence-corrected chi connectivity index (χ2v) is 6.54. The normalized spacial score (nSPS) is 15.2. The number of benzene rings is 1. The van der Waals surface area contributed by atoms with Gasteiger partial charge in [0.1, 0.15) is 0 Å². The van der Waals surface area contributed by atoms with Crippen LogP contribution in [-0.2, 0) is 0 Å². The molecule has 1 aliphatic rings. The fourth-order valence-electron chi connectivity index (χ4n) is 2.79. The minimum absolute atomic E-state index is 0.243. The Bertz CT molecular complexity index is 742. The van der Waals surface area contributed by atoms with Crippen LogP contribution in [0.2, 0.25) is 5.02 Å². The monoisotopic (exact) mass is 359 g/mol. The summed E-state index contributed by atoms with van der Waals surface area (Å²) in [5, 5.41) is 3.44. The number of piperazine rings is 1. The minimum Gasteiger partial charge on any atom is -0.338 e. The van der Waals surface area contributed by atoms with Crippen molar-refractivity contribution in [3.8, 4) is 0 Å². The van der Waals surface area contributed by atoms with Gasteiger partial charge in [-0.25, -0.2) is 9.97 Å². The highest BCUT2D eigenvalue weighted by molar-refractivity contribution is 6.31. The highest BCUT2D eigenvalue weighted by atomic mass is 35.5. The zero-order chi connectivity index (χ0) is 17.8. The highest BCUT2D eigenvalue weighted by Crippen LogP contribution is 2.21. The highest BCUT2D eigenvalue weighted by Gasteiger charge is 2.18. The van der Waals surface area contributed by atoms with Crippen LogP contribution < -0.4 is 10.2 Å². The maximum absolute atomic E-state index is 12.4. The van der Waals surface area contributed by atoms with Crippen molar-refractivity contribution in [3.63, 3.8) is 0 Å². The number of amides is 1. The van der Waals surface area contributed by atoms with E-state index < -0.39 is 0 Å². The average molecular weight is 360 g/mol. The van der Waals surface area contributed by atoms with Gasteiger partial charge in [-0.1, -0.05) is 24.6 Å². The fourth-order valence-corrected chi connectivity index (χ4v) is 2.96. The first-order valence-corrected chi connectivity index (χ1v) is 8.81. The van der Waals surface area contributed by atoms with Crippen molar-refractivity contribution in [1.29, 1.82) is 0 Å². The lowest BCUT2D eigenvalue weighted by atomic mass is 10.2.